The van der Waals surface area contributed by atoms with Gasteiger partial charge in [-0.05, 0) is 62.1 Å². The summed E-state index contributed by atoms with van der Waals surface area (Å²) in [6, 6.07) is 18.1. The van der Waals surface area contributed by atoms with Gasteiger partial charge in [0.15, 0.2) is 0 Å². The van der Waals surface area contributed by atoms with E-state index < -0.39 is 0 Å². The highest BCUT2D eigenvalue weighted by Crippen LogP contribution is 2.30. The number of nitrogens with zero attached hydrogens (tertiary/aromatic N) is 1. The Morgan fingerprint density at radius 1 is 0.935 bits per heavy atom. The van der Waals surface area contributed by atoms with Crippen molar-refractivity contribution in [1.82, 2.24) is 4.90 Å². The Morgan fingerprint density at radius 2 is 1.55 bits per heavy atom. The van der Waals surface area contributed by atoms with Crippen LogP contribution in [0.2, 0.25) is 0 Å². The van der Waals surface area contributed by atoms with Crippen LogP contribution >= 0.6 is 0 Å². The van der Waals surface area contributed by atoms with Gasteiger partial charge in [-0.3, -0.25) is 19.3 Å². The van der Waals surface area contributed by atoms with E-state index in [1.165, 1.54) is 4.90 Å². The molecule has 1 aliphatic heterocycles. The average molecular weight is 416 g/mol. The Balaban J connectivity index is 1.36. The molecule has 0 aromatic heterocycles. The Morgan fingerprint density at radius 3 is 2.13 bits per heavy atom. The second-order valence-electron chi connectivity index (χ2n) is 7.81. The van der Waals surface area contributed by atoms with Gasteiger partial charge in [-0.2, -0.15) is 0 Å². The molecule has 0 unspecified atom stereocenters. The van der Waals surface area contributed by atoms with E-state index in [1.807, 2.05) is 38.1 Å². The van der Waals surface area contributed by atoms with Gasteiger partial charge in [0.2, 0.25) is 5.91 Å². The van der Waals surface area contributed by atoms with Crippen molar-refractivity contribution in [3.05, 3.63) is 71.8 Å². The molecule has 6 nitrogen and oxygen atoms in total. The molecule has 0 fully saturated rings. The highest BCUT2D eigenvalue weighted by Gasteiger charge is 2.32. The quantitative estimate of drug-likeness (QED) is 0.569. The first-order valence-corrected chi connectivity index (χ1v) is 10.4. The van der Waals surface area contributed by atoms with Gasteiger partial charge in [-0.25, -0.2) is 0 Å². The standard InChI is InChI=1S/C25H24N2O4/c1-16(2)31-19-13-11-18(12-14-19)26-22(28)10-5-15-27-24(29)20-8-3-6-17-7-4-9-21(23(17)20)25(27)30/h3-4,6-9,11-14,16H,5,10,15H2,1-2H3,(H,26,28). The fourth-order valence-corrected chi connectivity index (χ4v) is 3.79. The van der Waals surface area contributed by atoms with Gasteiger partial charge in [0.05, 0.1) is 6.10 Å². The van der Waals surface area contributed by atoms with Crippen LogP contribution in [-0.2, 0) is 4.79 Å². The molecule has 0 saturated carbocycles. The highest BCUT2D eigenvalue weighted by molar-refractivity contribution is 6.25. The summed E-state index contributed by atoms with van der Waals surface area (Å²) >= 11 is 0. The molecule has 3 aromatic carbocycles. The number of hydrogen-bond acceptors (Lipinski definition) is 4. The molecule has 6 heteroatoms. The van der Waals surface area contributed by atoms with Gasteiger partial charge in [0.1, 0.15) is 5.75 Å². The minimum absolute atomic E-state index is 0.0830. The minimum atomic E-state index is -0.310. The third kappa shape index (κ3) is 4.28. The lowest BCUT2D eigenvalue weighted by molar-refractivity contribution is -0.116. The van der Waals surface area contributed by atoms with Crippen molar-refractivity contribution in [2.45, 2.75) is 32.8 Å². The summed E-state index contributed by atoms with van der Waals surface area (Å²) < 4.78 is 5.59. The summed E-state index contributed by atoms with van der Waals surface area (Å²) in [5.41, 5.74) is 1.73. The van der Waals surface area contributed by atoms with Crippen LogP contribution in [-0.4, -0.2) is 35.3 Å². The number of nitrogens with one attached hydrogen (secondary N) is 1. The van der Waals surface area contributed by atoms with Crippen molar-refractivity contribution in [2.24, 2.45) is 0 Å². The number of ether oxygens (including phenoxy) is 1. The third-order valence-electron chi connectivity index (χ3n) is 5.15. The minimum Gasteiger partial charge on any atom is -0.491 e. The van der Waals surface area contributed by atoms with Gasteiger partial charge in [-0.15, -0.1) is 0 Å². The summed E-state index contributed by atoms with van der Waals surface area (Å²) in [6.07, 6.45) is 0.669. The fourth-order valence-electron chi connectivity index (χ4n) is 3.79. The molecular weight excluding hydrogens is 392 g/mol. The van der Waals surface area contributed by atoms with E-state index >= 15 is 0 Å². The summed E-state index contributed by atoms with van der Waals surface area (Å²) in [6.45, 7) is 4.09. The van der Waals surface area contributed by atoms with Crippen molar-refractivity contribution in [3.8, 4) is 5.75 Å². The zero-order valence-electron chi connectivity index (χ0n) is 17.6. The molecule has 1 heterocycles. The molecule has 1 aliphatic rings. The summed E-state index contributed by atoms with van der Waals surface area (Å²) in [5.74, 6) is -0.0479. The van der Waals surface area contributed by atoms with Crippen LogP contribution in [0.1, 0.15) is 47.4 Å². The molecule has 1 N–H and O–H groups in total. The Bertz CT molecular complexity index is 1100. The van der Waals surface area contributed by atoms with Crippen molar-refractivity contribution in [1.29, 1.82) is 0 Å². The van der Waals surface area contributed by atoms with E-state index in [-0.39, 0.29) is 36.8 Å². The van der Waals surface area contributed by atoms with Crippen molar-refractivity contribution in [2.75, 3.05) is 11.9 Å². The molecule has 158 valence electrons. The topological polar surface area (TPSA) is 75.7 Å². The van der Waals surface area contributed by atoms with Crippen LogP contribution < -0.4 is 10.1 Å². The second-order valence-corrected chi connectivity index (χ2v) is 7.81. The number of carbonyl (C=O) groups excluding carboxylic acids is 3. The fraction of sp³-hybridized carbons (Fsp3) is 0.240. The van der Waals surface area contributed by atoms with Gasteiger partial charge in [-0.1, -0.05) is 24.3 Å². The first kappa shape index (κ1) is 20.6. The van der Waals surface area contributed by atoms with Crippen LogP contribution in [0.15, 0.2) is 60.7 Å². The second kappa shape index (κ2) is 8.60. The Labute approximate surface area is 180 Å². The smallest absolute Gasteiger partial charge is 0.261 e. The number of benzene rings is 3. The number of amides is 3. The van der Waals surface area contributed by atoms with Crippen LogP contribution in [0.5, 0.6) is 5.75 Å². The first-order chi connectivity index (χ1) is 14.9. The van der Waals surface area contributed by atoms with Crippen molar-refractivity contribution >= 4 is 34.2 Å². The zero-order chi connectivity index (χ0) is 22.0. The maximum atomic E-state index is 12.9. The van der Waals surface area contributed by atoms with Crippen LogP contribution in [0.3, 0.4) is 0 Å². The lowest BCUT2D eigenvalue weighted by Gasteiger charge is -2.27. The summed E-state index contributed by atoms with van der Waals surface area (Å²) in [4.78, 5) is 39.3. The SMILES string of the molecule is CC(C)Oc1ccc(NC(=O)CCCN2C(=O)c3cccc4cccc(c34)C2=O)cc1. The van der Waals surface area contributed by atoms with Gasteiger partial charge < -0.3 is 10.1 Å². The van der Waals surface area contributed by atoms with Gasteiger partial charge >= 0.3 is 0 Å². The molecule has 0 saturated heterocycles. The van der Waals surface area contributed by atoms with Crippen molar-refractivity contribution in [3.63, 3.8) is 0 Å². The predicted octanol–water partition coefficient (Wildman–Crippen LogP) is 4.64. The molecule has 0 bridgehead atoms. The van der Waals surface area contributed by atoms with Crippen molar-refractivity contribution < 1.29 is 19.1 Å². The normalized spacial score (nSPS) is 13.1. The first-order valence-electron chi connectivity index (χ1n) is 10.4. The Hall–Kier alpha value is -3.67. The Kier molecular flexibility index (Phi) is 5.71. The summed E-state index contributed by atoms with van der Waals surface area (Å²) in [5, 5.41) is 4.41. The number of rotatable bonds is 7. The lowest BCUT2D eigenvalue weighted by atomic mass is 9.94. The number of anilines is 1. The third-order valence-corrected chi connectivity index (χ3v) is 5.15. The van der Waals surface area contributed by atoms with E-state index in [2.05, 4.69) is 5.32 Å². The monoisotopic (exact) mass is 416 g/mol. The molecule has 4 rings (SSSR count). The number of imide groups is 1. The van der Waals surface area contributed by atoms with Crippen LogP contribution in [0.25, 0.3) is 10.8 Å². The number of hydrogen-bond donors (Lipinski definition) is 1. The van der Waals surface area contributed by atoms with E-state index in [0.29, 0.717) is 28.6 Å². The molecule has 3 aromatic rings. The molecule has 31 heavy (non-hydrogen) atoms. The van der Waals surface area contributed by atoms with E-state index in [0.717, 1.165) is 11.1 Å². The van der Waals surface area contributed by atoms with Gasteiger partial charge in [0.25, 0.3) is 11.8 Å². The van der Waals surface area contributed by atoms with E-state index in [4.69, 9.17) is 4.74 Å². The lowest BCUT2D eigenvalue weighted by Crippen LogP contribution is -2.41. The zero-order valence-corrected chi connectivity index (χ0v) is 17.6. The maximum Gasteiger partial charge on any atom is 0.261 e. The number of carbonyl (C=O) groups is 3. The summed E-state index contributed by atoms with van der Waals surface area (Å²) in [7, 11) is 0. The molecule has 0 spiro atoms. The molecule has 0 aliphatic carbocycles. The van der Waals surface area contributed by atoms with E-state index in [9.17, 15) is 14.4 Å². The largest absolute Gasteiger partial charge is 0.491 e. The van der Waals surface area contributed by atoms with Crippen LogP contribution in [0, 0.1) is 0 Å². The average Bonchev–Trinajstić information content (AvgIpc) is 2.75. The molecule has 0 atom stereocenters. The van der Waals surface area contributed by atoms with Gasteiger partial charge in [0, 0.05) is 35.2 Å². The highest BCUT2D eigenvalue weighted by atomic mass is 16.5. The molecular formula is C25H24N2O4. The van der Waals surface area contributed by atoms with Crippen LogP contribution in [0.4, 0.5) is 5.69 Å². The predicted molar refractivity (Wildman–Crippen MR) is 119 cm³/mol. The molecule has 0 radical (unpaired) electrons. The molecule has 3 amide bonds. The van der Waals surface area contributed by atoms with E-state index in [1.54, 1.807) is 36.4 Å². The maximum absolute atomic E-state index is 12.9.